The second-order valence-electron chi connectivity index (χ2n) is 2.22. The zero-order chi connectivity index (χ0) is 6.85. The molecule has 58 valence electrons. The predicted octanol–water partition coefficient (Wildman–Crippen LogP) is -1.62. The summed E-state index contributed by atoms with van der Waals surface area (Å²) in [5.41, 5.74) is 1.66. The molecule has 0 bridgehead atoms. The van der Waals surface area contributed by atoms with Crippen molar-refractivity contribution in [2.75, 3.05) is 0 Å². The van der Waals surface area contributed by atoms with E-state index in [2.05, 4.69) is 0 Å². The summed E-state index contributed by atoms with van der Waals surface area (Å²) in [6.07, 6.45) is 0. The van der Waals surface area contributed by atoms with Crippen molar-refractivity contribution in [1.29, 1.82) is 0 Å². The predicted molar refractivity (Wildman–Crippen MR) is 35.4 cm³/mol. The maximum Gasteiger partial charge on any atom is 2.00 e. The Morgan fingerprint density at radius 1 is 1.09 bits per heavy atom. The number of rotatable bonds is 0. The molecule has 11 heavy (non-hydrogen) atoms. The van der Waals surface area contributed by atoms with Crippen molar-refractivity contribution in [1.82, 2.24) is 0 Å². The molecule has 0 aromatic heterocycles. The van der Waals surface area contributed by atoms with E-state index in [0.717, 1.165) is 11.1 Å². The van der Waals surface area contributed by atoms with Crippen molar-refractivity contribution in [3.8, 4) is 5.75 Å². The van der Waals surface area contributed by atoms with Crippen LogP contribution in [-0.4, -0.2) is 0 Å². The largest absolute Gasteiger partial charge is 2.00 e. The van der Waals surface area contributed by atoms with Crippen LogP contribution in [0.15, 0.2) is 18.2 Å². The van der Waals surface area contributed by atoms with Gasteiger partial charge < -0.3 is 17.5 Å². The van der Waals surface area contributed by atoms with Gasteiger partial charge in [0.15, 0.2) is 0 Å². The minimum atomic E-state index is 0. The van der Waals surface area contributed by atoms with Crippen molar-refractivity contribution >= 4 is 0 Å². The van der Waals surface area contributed by atoms with E-state index in [1.54, 1.807) is 0 Å². The number of halogens is 1. The number of aryl methyl sites for hydroxylation is 2. The molecule has 0 saturated carbocycles. The van der Waals surface area contributed by atoms with Crippen LogP contribution in [0.1, 0.15) is 11.1 Å². The summed E-state index contributed by atoms with van der Waals surface area (Å²) >= 11 is 0. The maximum atomic E-state index is 11.0. The van der Waals surface area contributed by atoms with Crippen molar-refractivity contribution in [2.45, 2.75) is 13.8 Å². The monoisotopic (exact) mass is 246 g/mol. The van der Waals surface area contributed by atoms with Crippen LogP contribution in [0.2, 0.25) is 0 Å². The van der Waals surface area contributed by atoms with E-state index in [0.29, 0.717) is 0 Å². The van der Waals surface area contributed by atoms with Gasteiger partial charge >= 0.3 is 26.2 Å². The Morgan fingerprint density at radius 2 is 1.45 bits per heavy atom. The molecule has 0 unspecified atom stereocenters. The van der Waals surface area contributed by atoms with E-state index >= 15 is 0 Å². The van der Waals surface area contributed by atoms with Crippen LogP contribution >= 0.6 is 0 Å². The number of para-hydroxylation sites is 1. The first-order valence-corrected chi connectivity index (χ1v) is 2.95. The fraction of sp³-hybridized carbons (Fsp3) is 0.250. The molecule has 0 fully saturated rings. The fourth-order valence-corrected chi connectivity index (χ4v) is 0.799. The molecule has 0 N–H and O–H groups in total. The summed E-state index contributed by atoms with van der Waals surface area (Å²) in [5, 5.41) is 11.0. The Bertz CT molecular complexity index is 205. The number of hydrogen-bond acceptors (Lipinski definition) is 1. The van der Waals surface area contributed by atoms with E-state index in [4.69, 9.17) is 0 Å². The molecule has 1 nitrogen and oxygen atoms in total. The summed E-state index contributed by atoms with van der Waals surface area (Å²) < 4.78 is 0. The third-order valence-electron chi connectivity index (χ3n) is 1.41. The SMILES string of the molecule is Cc1cccc(C)c1[O-].[Cl-].[Zr+2]. The molecular formula is C8H9ClOZr. The molecule has 0 aliphatic carbocycles. The van der Waals surface area contributed by atoms with E-state index in [1.165, 1.54) is 0 Å². The van der Waals surface area contributed by atoms with Crippen LogP contribution in [-0.2, 0) is 26.2 Å². The molecule has 0 aliphatic heterocycles. The average Bonchev–Trinajstić information content (AvgIpc) is 1.83. The third-order valence-corrected chi connectivity index (χ3v) is 1.41. The van der Waals surface area contributed by atoms with Gasteiger partial charge in [0, 0.05) is 0 Å². The molecule has 0 atom stereocenters. The number of hydrogen-bond donors (Lipinski definition) is 0. The molecule has 0 heterocycles. The first-order valence-electron chi connectivity index (χ1n) is 2.95. The van der Waals surface area contributed by atoms with Crippen molar-refractivity contribution in [2.24, 2.45) is 0 Å². The molecule has 0 amide bonds. The van der Waals surface area contributed by atoms with Crippen LogP contribution in [0, 0.1) is 13.8 Å². The first kappa shape index (κ1) is 13.8. The summed E-state index contributed by atoms with van der Waals surface area (Å²) in [6, 6.07) is 5.55. The van der Waals surface area contributed by atoms with Crippen LogP contribution in [0.5, 0.6) is 5.75 Å². The Morgan fingerprint density at radius 3 is 1.73 bits per heavy atom. The van der Waals surface area contributed by atoms with Crippen molar-refractivity contribution < 1.29 is 43.7 Å². The van der Waals surface area contributed by atoms with Gasteiger partial charge in [0.05, 0.1) is 0 Å². The summed E-state index contributed by atoms with van der Waals surface area (Å²) in [6.45, 7) is 3.66. The van der Waals surface area contributed by atoms with E-state index < -0.39 is 0 Å². The van der Waals surface area contributed by atoms with Crippen molar-refractivity contribution in [3.05, 3.63) is 29.3 Å². The van der Waals surface area contributed by atoms with Crippen LogP contribution < -0.4 is 17.5 Å². The quantitative estimate of drug-likeness (QED) is 0.541. The molecule has 0 spiro atoms. The standard InChI is InChI=1S/C8H10O.ClH.Zr/c1-6-4-3-5-7(2)8(6)9;;/h3-5,9H,1-2H3;1H;/q;;+2/p-2. The smallest absolute Gasteiger partial charge is 1.00 e. The van der Waals surface area contributed by atoms with Crippen LogP contribution in [0.25, 0.3) is 0 Å². The molecule has 0 saturated heterocycles. The molecular weight excluding hydrogens is 239 g/mol. The van der Waals surface area contributed by atoms with Gasteiger partial charge in [-0.1, -0.05) is 29.3 Å². The van der Waals surface area contributed by atoms with Gasteiger partial charge in [0.2, 0.25) is 0 Å². The second-order valence-corrected chi connectivity index (χ2v) is 2.22. The van der Waals surface area contributed by atoms with Crippen LogP contribution in [0.3, 0.4) is 0 Å². The van der Waals surface area contributed by atoms with Gasteiger partial charge in [-0.05, 0) is 13.8 Å². The molecule has 3 heteroatoms. The zero-order valence-corrected chi connectivity index (χ0v) is 9.73. The van der Waals surface area contributed by atoms with E-state index in [1.807, 2.05) is 32.0 Å². The average molecular weight is 248 g/mol. The maximum absolute atomic E-state index is 11.0. The van der Waals surface area contributed by atoms with Gasteiger partial charge in [-0.15, -0.1) is 5.75 Å². The Hall–Kier alpha value is 0.193. The summed E-state index contributed by atoms with van der Waals surface area (Å²) in [5.74, 6) is 0.164. The van der Waals surface area contributed by atoms with E-state index in [9.17, 15) is 5.11 Å². The third kappa shape index (κ3) is 3.40. The molecule has 1 aromatic rings. The van der Waals surface area contributed by atoms with E-state index in [-0.39, 0.29) is 44.4 Å². The zero-order valence-electron chi connectivity index (χ0n) is 6.52. The van der Waals surface area contributed by atoms with Crippen LogP contribution in [0.4, 0.5) is 0 Å². The van der Waals surface area contributed by atoms with Gasteiger partial charge in [0.25, 0.3) is 0 Å². The van der Waals surface area contributed by atoms with Gasteiger partial charge in [-0.25, -0.2) is 0 Å². The second kappa shape index (κ2) is 5.79. The molecule has 0 aliphatic rings. The minimum absolute atomic E-state index is 0. The Labute approximate surface area is 92.4 Å². The van der Waals surface area contributed by atoms with Gasteiger partial charge in [0.1, 0.15) is 0 Å². The topological polar surface area (TPSA) is 23.1 Å². The van der Waals surface area contributed by atoms with Crippen molar-refractivity contribution in [3.63, 3.8) is 0 Å². The Kier molecular flexibility index (Phi) is 7.25. The summed E-state index contributed by atoms with van der Waals surface area (Å²) in [7, 11) is 0. The van der Waals surface area contributed by atoms with Gasteiger partial charge in [-0.3, -0.25) is 0 Å². The first-order chi connectivity index (χ1) is 4.22. The molecule has 0 radical (unpaired) electrons. The normalized spacial score (nSPS) is 7.82. The number of benzene rings is 1. The fourth-order valence-electron chi connectivity index (χ4n) is 0.799. The molecule has 1 aromatic carbocycles. The molecule has 1 rings (SSSR count). The van der Waals surface area contributed by atoms with Gasteiger partial charge in [-0.2, -0.15) is 0 Å². The summed E-state index contributed by atoms with van der Waals surface area (Å²) in [4.78, 5) is 0. The Balaban J connectivity index is 0. The minimum Gasteiger partial charge on any atom is -1.00 e.